The lowest BCUT2D eigenvalue weighted by atomic mass is 10.1. The maximum absolute atomic E-state index is 12.5. The number of nitro benzene ring substituents is 1. The maximum atomic E-state index is 12.5. The van der Waals surface area contributed by atoms with E-state index in [1.807, 2.05) is 31.2 Å². The van der Waals surface area contributed by atoms with Crippen LogP contribution in [0, 0.1) is 10.1 Å². The Morgan fingerprint density at radius 2 is 1.72 bits per heavy atom. The molecule has 0 bridgehead atoms. The van der Waals surface area contributed by atoms with Crippen LogP contribution in [0.3, 0.4) is 0 Å². The zero-order valence-corrected chi connectivity index (χ0v) is 17.5. The summed E-state index contributed by atoms with van der Waals surface area (Å²) in [4.78, 5) is 18.3. The summed E-state index contributed by atoms with van der Waals surface area (Å²) in [5, 5.41) is 13.8. The van der Waals surface area contributed by atoms with Crippen LogP contribution < -0.4 is 10.0 Å². The molecule has 0 aliphatic carbocycles. The van der Waals surface area contributed by atoms with E-state index < -0.39 is 14.9 Å². The molecule has 0 saturated carbocycles. The SMILES string of the molecule is CC(Nc1nccc(NS(=O)(=O)c2ccc([N+](=O)[O-])cc2)n1)c1ccc(Br)cc1. The van der Waals surface area contributed by atoms with Crippen molar-refractivity contribution < 1.29 is 13.3 Å². The third-order valence-electron chi connectivity index (χ3n) is 3.97. The molecule has 2 aromatic carbocycles. The van der Waals surface area contributed by atoms with Gasteiger partial charge >= 0.3 is 0 Å². The topological polar surface area (TPSA) is 127 Å². The second kappa shape index (κ2) is 8.53. The number of hydrogen-bond donors (Lipinski definition) is 2. The molecule has 29 heavy (non-hydrogen) atoms. The standard InChI is InChI=1S/C18H16BrN5O4S/c1-12(13-2-4-14(19)5-3-13)21-18-20-11-10-17(22-18)23-29(27,28)16-8-6-15(7-9-16)24(25)26/h2-12H,1H3,(H2,20,21,22,23). The van der Waals surface area contributed by atoms with Crippen LogP contribution in [-0.2, 0) is 10.0 Å². The molecule has 3 rings (SSSR count). The van der Waals surface area contributed by atoms with E-state index in [-0.39, 0.29) is 28.4 Å². The molecular formula is C18H16BrN5O4S. The van der Waals surface area contributed by atoms with E-state index in [2.05, 4.69) is 35.9 Å². The summed E-state index contributed by atoms with van der Waals surface area (Å²) in [5.74, 6) is 0.327. The first-order valence-corrected chi connectivity index (χ1v) is 10.6. The van der Waals surface area contributed by atoms with Crippen molar-refractivity contribution in [3.63, 3.8) is 0 Å². The predicted octanol–water partition coefficient (Wildman–Crippen LogP) is 4.12. The van der Waals surface area contributed by atoms with Crippen molar-refractivity contribution in [1.82, 2.24) is 9.97 Å². The molecule has 0 spiro atoms. The number of benzene rings is 2. The van der Waals surface area contributed by atoms with Gasteiger partial charge in [0.1, 0.15) is 5.82 Å². The molecule has 0 amide bonds. The average molecular weight is 478 g/mol. The van der Waals surface area contributed by atoms with E-state index >= 15 is 0 Å². The van der Waals surface area contributed by atoms with Gasteiger partial charge in [0.2, 0.25) is 5.95 Å². The number of halogens is 1. The van der Waals surface area contributed by atoms with Gasteiger partial charge in [-0.3, -0.25) is 14.8 Å². The molecule has 9 nitrogen and oxygen atoms in total. The number of nitrogens with one attached hydrogen (secondary N) is 2. The Morgan fingerprint density at radius 1 is 1.07 bits per heavy atom. The van der Waals surface area contributed by atoms with Gasteiger partial charge in [0.05, 0.1) is 15.9 Å². The van der Waals surface area contributed by atoms with Crippen molar-refractivity contribution in [3.8, 4) is 0 Å². The third-order valence-corrected chi connectivity index (χ3v) is 5.87. The van der Waals surface area contributed by atoms with Crippen molar-refractivity contribution in [1.29, 1.82) is 0 Å². The summed E-state index contributed by atoms with van der Waals surface area (Å²) >= 11 is 3.39. The van der Waals surface area contributed by atoms with Crippen molar-refractivity contribution in [2.75, 3.05) is 10.0 Å². The summed E-state index contributed by atoms with van der Waals surface area (Å²) in [6, 6.07) is 13.6. The molecule has 1 aromatic heterocycles. The zero-order valence-electron chi connectivity index (χ0n) is 15.1. The Kier molecular flexibility index (Phi) is 6.09. The Hall–Kier alpha value is -3.05. The second-order valence-corrected chi connectivity index (χ2v) is 8.64. The fourth-order valence-corrected chi connectivity index (χ4v) is 3.72. The number of non-ortho nitro benzene ring substituents is 1. The molecule has 3 aromatic rings. The molecule has 150 valence electrons. The monoisotopic (exact) mass is 477 g/mol. The molecule has 1 atom stereocenters. The van der Waals surface area contributed by atoms with Crippen LogP contribution in [0.4, 0.5) is 17.5 Å². The molecule has 0 radical (unpaired) electrons. The first-order chi connectivity index (χ1) is 13.7. The molecule has 1 unspecified atom stereocenters. The van der Waals surface area contributed by atoms with Gasteiger partial charge in [-0.15, -0.1) is 0 Å². The van der Waals surface area contributed by atoms with E-state index in [1.165, 1.54) is 12.3 Å². The Labute approximate surface area is 175 Å². The smallest absolute Gasteiger partial charge is 0.269 e. The van der Waals surface area contributed by atoms with Crippen LogP contribution >= 0.6 is 15.9 Å². The van der Waals surface area contributed by atoms with Crippen molar-refractivity contribution >= 4 is 43.4 Å². The van der Waals surface area contributed by atoms with E-state index in [1.54, 1.807) is 0 Å². The lowest BCUT2D eigenvalue weighted by Crippen LogP contribution is -2.15. The lowest BCUT2D eigenvalue weighted by Gasteiger charge is -2.15. The fourth-order valence-electron chi connectivity index (χ4n) is 2.46. The molecule has 0 aliphatic rings. The van der Waals surface area contributed by atoms with Gasteiger partial charge in [-0.2, -0.15) is 4.98 Å². The van der Waals surface area contributed by atoms with Crippen LogP contribution in [0.15, 0.2) is 70.2 Å². The van der Waals surface area contributed by atoms with E-state index in [9.17, 15) is 18.5 Å². The largest absolute Gasteiger partial charge is 0.348 e. The van der Waals surface area contributed by atoms with Crippen LogP contribution in [0.1, 0.15) is 18.5 Å². The number of anilines is 2. The lowest BCUT2D eigenvalue weighted by molar-refractivity contribution is -0.384. The minimum atomic E-state index is -3.95. The summed E-state index contributed by atoms with van der Waals surface area (Å²) in [6.07, 6.45) is 1.43. The molecule has 0 aliphatic heterocycles. The number of nitro groups is 1. The highest BCUT2D eigenvalue weighted by atomic mass is 79.9. The van der Waals surface area contributed by atoms with Gasteiger partial charge < -0.3 is 5.32 Å². The molecule has 2 N–H and O–H groups in total. The van der Waals surface area contributed by atoms with Crippen LogP contribution in [0.5, 0.6) is 0 Å². The Bertz CT molecular complexity index is 1120. The van der Waals surface area contributed by atoms with Crippen molar-refractivity contribution in [2.45, 2.75) is 17.9 Å². The van der Waals surface area contributed by atoms with Crippen molar-refractivity contribution in [3.05, 3.63) is 80.9 Å². The number of nitrogens with zero attached hydrogens (tertiary/aromatic N) is 3. The fraction of sp³-hybridized carbons (Fsp3) is 0.111. The van der Waals surface area contributed by atoms with Gasteiger partial charge in [-0.05, 0) is 42.8 Å². The highest BCUT2D eigenvalue weighted by Gasteiger charge is 2.17. The first-order valence-electron chi connectivity index (χ1n) is 8.37. The van der Waals surface area contributed by atoms with Crippen LogP contribution in [-0.4, -0.2) is 23.3 Å². The molecule has 1 heterocycles. The minimum Gasteiger partial charge on any atom is -0.348 e. The van der Waals surface area contributed by atoms with Gasteiger partial charge in [-0.1, -0.05) is 28.1 Å². The van der Waals surface area contributed by atoms with Gasteiger partial charge in [0.15, 0.2) is 0 Å². The normalized spacial score (nSPS) is 12.2. The number of rotatable bonds is 7. The average Bonchev–Trinajstić information content (AvgIpc) is 2.68. The summed E-state index contributed by atoms with van der Waals surface area (Å²) in [6.45, 7) is 1.93. The zero-order chi connectivity index (χ0) is 21.0. The second-order valence-electron chi connectivity index (χ2n) is 6.04. The van der Waals surface area contributed by atoms with Crippen LogP contribution in [0.25, 0.3) is 0 Å². The van der Waals surface area contributed by atoms with Gasteiger partial charge in [-0.25, -0.2) is 13.4 Å². The highest BCUT2D eigenvalue weighted by molar-refractivity contribution is 9.10. The van der Waals surface area contributed by atoms with Gasteiger partial charge in [0.25, 0.3) is 15.7 Å². The number of sulfonamides is 1. The summed E-state index contributed by atoms with van der Waals surface area (Å²) in [7, 11) is -3.95. The number of hydrogen-bond acceptors (Lipinski definition) is 7. The Balaban J connectivity index is 1.74. The summed E-state index contributed by atoms with van der Waals surface area (Å²) in [5.41, 5.74) is 0.813. The third kappa shape index (κ3) is 5.27. The van der Waals surface area contributed by atoms with E-state index in [0.717, 1.165) is 34.3 Å². The molecule has 0 fully saturated rings. The maximum Gasteiger partial charge on any atom is 0.269 e. The molecule has 11 heteroatoms. The quantitative estimate of drug-likeness (QED) is 0.386. The van der Waals surface area contributed by atoms with E-state index in [0.29, 0.717) is 0 Å². The summed E-state index contributed by atoms with van der Waals surface area (Å²) < 4.78 is 28.3. The minimum absolute atomic E-state index is 0.0730. The predicted molar refractivity (Wildman–Crippen MR) is 112 cm³/mol. The van der Waals surface area contributed by atoms with Crippen molar-refractivity contribution in [2.24, 2.45) is 0 Å². The van der Waals surface area contributed by atoms with Crippen LogP contribution in [0.2, 0.25) is 0 Å². The molecule has 0 saturated heterocycles. The molecular weight excluding hydrogens is 462 g/mol. The highest BCUT2D eigenvalue weighted by Crippen LogP contribution is 2.21. The van der Waals surface area contributed by atoms with Gasteiger partial charge in [0, 0.05) is 22.8 Å². The first kappa shape index (κ1) is 20.7. The van der Waals surface area contributed by atoms with E-state index in [4.69, 9.17) is 0 Å². The number of aromatic nitrogens is 2. The Morgan fingerprint density at radius 3 is 2.34 bits per heavy atom.